The van der Waals surface area contributed by atoms with Gasteiger partial charge in [-0.15, -0.1) is 11.3 Å². The molecule has 1 fully saturated rings. The lowest BCUT2D eigenvalue weighted by Gasteiger charge is -2.26. The lowest BCUT2D eigenvalue weighted by molar-refractivity contribution is 0.160. The van der Waals surface area contributed by atoms with Gasteiger partial charge in [0.1, 0.15) is 0 Å². The van der Waals surface area contributed by atoms with Gasteiger partial charge in [0, 0.05) is 42.5 Å². The van der Waals surface area contributed by atoms with Crippen molar-refractivity contribution in [2.24, 2.45) is 5.92 Å². The molecular weight excluding hydrogens is 256 g/mol. The van der Waals surface area contributed by atoms with Crippen LogP contribution < -0.4 is 0 Å². The minimum absolute atomic E-state index is 0.725. The maximum absolute atomic E-state index is 5.50. The summed E-state index contributed by atoms with van der Waals surface area (Å²) in [6, 6.07) is 4.50. The van der Waals surface area contributed by atoms with E-state index in [0.29, 0.717) is 0 Å². The van der Waals surface area contributed by atoms with E-state index < -0.39 is 0 Å². The van der Waals surface area contributed by atoms with Crippen molar-refractivity contribution in [3.05, 3.63) is 21.9 Å². The van der Waals surface area contributed by atoms with E-state index in [1.54, 1.807) is 0 Å². The summed E-state index contributed by atoms with van der Waals surface area (Å²) in [6.45, 7) is 8.60. The first-order valence-electron chi connectivity index (χ1n) is 7.13. The summed E-state index contributed by atoms with van der Waals surface area (Å²) < 4.78 is 5.50. The van der Waals surface area contributed by atoms with Crippen molar-refractivity contribution in [2.75, 3.05) is 46.9 Å². The summed E-state index contributed by atoms with van der Waals surface area (Å²) in [5.41, 5.74) is 0. The van der Waals surface area contributed by atoms with Crippen LogP contribution in [0, 0.1) is 12.8 Å². The van der Waals surface area contributed by atoms with E-state index in [1.807, 2.05) is 11.3 Å². The monoisotopic (exact) mass is 282 g/mol. The van der Waals surface area contributed by atoms with Gasteiger partial charge in [-0.3, -0.25) is 4.90 Å². The molecule has 1 aliphatic heterocycles. The third-order valence-corrected chi connectivity index (χ3v) is 4.56. The Morgan fingerprint density at radius 3 is 2.74 bits per heavy atom. The second-order valence-corrected chi connectivity index (χ2v) is 7.15. The first-order valence-corrected chi connectivity index (χ1v) is 7.95. The number of rotatable bonds is 7. The molecule has 4 heteroatoms. The fourth-order valence-electron chi connectivity index (χ4n) is 2.46. The van der Waals surface area contributed by atoms with Crippen molar-refractivity contribution in [3.63, 3.8) is 0 Å². The Hall–Kier alpha value is -0.420. The Kier molecular flexibility index (Phi) is 5.82. The molecule has 1 aromatic heterocycles. The molecule has 2 rings (SSSR count). The highest BCUT2D eigenvalue weighted by Crippen LogP contribution is 2.20. The number of aryl methyl sites for hydroxylation is 1. The molecule has 1 unspecified atom stereocenters. The molecule has 0 aliphatic carbocycles. The molecule has 1 aromatic rings. The summed E-state index contributed by atoms with van der Waals surface area (Å²) in [6.07, 6.45) is 1.22. The van der Waals surface area contributed by atoms with Crippen LogP contribution in [-0.4, -0.2) is 56.7 Å². The minimum atomic E-state index is 0.725. The standard InChI is InChI=1S/C15H26N2OS/c1-13-4-5-15(19-13)11-17(8-7-16(2)3)10-14-6-9-18-12-14/h4-5,14H,6-12H2,1-3H3. The van der Waals surface area contributed by atoms with Crippen LogP contribution in [0.1, 0.15) is 16.2 Å². The largest absolute Gasteiger partial charge is 0.381 e. The Labute approximate surface area is 121 Å². The molecule has 1 saturated heterocycles. The zero-order valence-electron chi connectivity index (χ0n) is 12.4. The van der Waals surface area contributed by atoms with Crippen molar-refractivity contribution in [1.29, 1.82) is 0 Å². The number of ether oxygens (including phenoxy) is 1. The maximum Gasteiger partial charge on any atom is 0.0507 e. The van der Waals surface area contributed by atoms with E-state index >= 15 is 0 Å². The fourth-order valence-corrected chi connectivity index (χ4v) is 3.39. The second-order valence-electron chi connectivity index (χ2n) is 5.78. The van der Waals surface area contributed by atoms with Crippen LogP contribution in [0.15, 0.2) is 12.1 Å². The van der Waals surface area contributed by atoms with Crippen LogP contribution in [0.4, 0.5) is 0 Å². The van der Waals surface area contributed by atoms with Crippen molar-refractivity contribution in [2.45, 2.75) is 19.9 Å². The van der Waals surface area contributed by atoms with E-state index in [2.05, 4.69) is 43.0 Å². The summed E-state index contributed by atoms with van der Waals surface area (Å²) >= 11 is 1.92. The predicted octanol–water partition coefficient (Wildman–Crippen LogP) is 2.46. The van der Waals surface area contributed by atoms with E-state index in [-0.39, 0.29) is 0 Å². The first kappa shape index (κ1) is 15.0. The summed E-state index contributed by atoms with van der Waals surface area (Å²) in [7, 11) is 4.29. The molecule has 0 saturated carbocycles. The summed E-state index contributed by atoms with van der Waals surface area (Å²) in [5.74, 6) is 0.725. The average molecular weight is 282 g/mol. The van der Waals surface area contributed by atoms with Crippen molar-refractivity contribution < 1.29 is 4.74 Å². The van der Waals surface area contributed by atoms with Gasteiger partial charge in [-0.25, -0.2) is 0 Å². The van der Waals surface area contributed by atoms with Crippen LogP contribution in [0.25, 0.3) is 0 Å². The highest BCUT2D eigenvalue weighted by molar-refractivity contribution is 7.11. The number of nitrogens with zero attached hydrogens (tertiary/aromatic N) is 2. The van der Waals surface area contributed by atoms with Crippen molar-refractivity contribution in [3.8, 4) is 0 Å². The Morgan fingerprint density at radius 2 is 2.16 bits per heavy atom. The molecule has 1 aliphatic rings. The van der Waals surface area contributed by atoms with Crippen LogP contribution >= 0.6 is 11.3 Å². The van der Waals surface area contributed by atoms with Gasteiger partial charge in [0.15, 0.2) is 0 Å². The van der Waals surface area contributed by atoms with Crippen LogP contribution in [0.5, 0.6) is 0 Å². The molecule has 0 amide bonds. The fraction of sp³-hybridized carbons (Fsp3) is 0.733. The smallest absolute Gasteiger partial charge is 0.0507 e. The zero-order valence-corrected chi connectivity index (χ0v) is 13.2. The molecule has 1 atom stereocenters. The minimum Gasteiger partial charge on any atom is -0.381 e. The third-order valence-electron chi connectivity index (χ3n) is 3.58. The molecule has 3 nitrogen and oxygen atoms in total. The molecule has 0 spiro atoms. The van der Waals surface area contributed by atoms with Gasteiger partial charge in [-0.2, -0.15) is 0 Å². The van der Waals surface area contributed by atoms with Crippen LogP contribution in [0.3, 0.4) is 0 Å². The molecular formula is C15H26N2OS. The topological polar surface area (TPSA) is 15.7 Å². The molecule has 108 valence electrons. The highest BCUT2D eigenvalue weighted by Gasteiger charge is 2.19. The van der Waals surface area contributed by atoms with E-state index in [9.17, 15) is 0 Å². The van der Waals surface area contributed by atoms with Gasteiger partial charge in [-0.05, 0) is 45.5 Å². The lowest BCUT2D eigenvalue weighted by Crippen LogP contribution is -2.35. The van der Waals surface area contributed by atoms with E-state index in [0.717, 1.165) is 38.8 Å². The van der Waals surface area contributed by atoms with E-state index in [4.69, 9.17) is 4.74 Å². The third kappa shape index (κ3) is 5.22. The van der Waals surface area contributed by atoms with Gasteiger partial charge in [0.05, 0.1) is 6.61 Å². The van der Waals surface area contributed by atoms with Gasteiger partial charge in [0.25, 0.3) is 0 Å². The molecule has 0 bridgehead atoms. The number of likely N-dealkylation sites (N-methyl/N-ethyl adjacent to an activating group) is 1. The van der Waals surface area contributed by atoms with Crippen molar-refractivity contribution in [1.82, 2.24) is 9.80 Å². The first-order chi connectivity index (χ1) is 9.13. The predicted molar refractivity (Wildman–Crippen MR) is 81.8 cm³/mol. The summed E-state index contributed by atoms with van der Waals surface area (Å²) in [4.78, 5) is 7.74. The average Bonchev–Trinajstić information content (AvgIpc) is 2.98. The second kappa shape index (κ2) is 7.39. The van der Waals surface area contributed by atoms with Crippen LogP contribution in [-0.2, 0) is 11.3 Å². The van der Waals surface area contributed by atoms with Gasteiger partial charge in [0.2, 0.25) is 0 Å². The number of hydrogen-bond donors (Lipinski definition) is 0. The lowest BCUT2D eigenvalue weighted by atomic mass is 10.1. The highest BCUT2D eigenvalue weighted by atomic mass is 32.1. The number of hydrogen-bond acceptors (Lipinski definition) is 4. The quantitative estimate of drug-likeness (QED) is 0.764. The van der Waals surface area contributed by atoms with Crippen LogP contribution in [0.2, 0.25) is 0 Å². The van der Waals surface area contributed by atoms with Gasteiger partial charge < -0.3 is 9.64 Å². The Bertz CT molecular complexity index is 372. The SMILES string of the molecule is Cc1ccc(CN(CCN(C)C)CC2CCOC2)s1. The molecule has 0 radical (unpaired) electrons. The molecule has 19 heavy (non-hydrogen) atoms. The Morgan fingerprint density at radius 1 is 1.32 bits per heavy atom. The molecule has 0 aromatic carbocycles. The van der Waals surface area contributed by atoms with E-state index in [1.165, 1.54) is 22.7 Å². The van der Waals surface area contributed by atoms with Crippen molar-refractivity contribution >= 4 is 11.3 Å². The Balaban J connectivity index is 1.88. The normalized spacial score (nSPS) is 19.7. The van der Waals surface area contributed by atoms with Gasteiger partial charge in [-0.1, -0.05) is 0 Å². The molecule has 0 N–H and O–H groups in total. The number of thiophene rings is 1. The van der Waals surface area contributed by atoms with Gasteiger partial charge >= 0.3 is 0 Å². The zero-order chi connectivity index (χ0) is 13.7. The maximum atomic E-state index is 5.50. The summed E-state index contributed by atoms with van der Waals surface area (Å²) in [5, 5.41) is 0. The molecule has 2 heterocycles.